The molecule has 0 aliphatic carbocycles. The first kappa shape index (κ1) is 17.3. The maximum atomic E-state index is 10.9. The van der Waals surface area contributed by atoms with Crippen LogP contribution in [0.3, 0.4) is 0 Å². The fraction of sp³-hybridized carbons (Fsp3) is 0.300. The van der Waals surface area contributed by atoms with E-state index in [1.165, 1.54) is 11.7 Å². The molecule has 0 radical (unpaired) electrons. The maximum Gasteiger partial charge on any atom is 0.138 e. The van der Waals surface area contributed by atoms with Gasteiger partial charge < -0.3 is 9.84 Å². The molecule has 5 nitrogen and oxygen atoms in total. The number of fused-ring (bicyclic) bond motifs is 1. The number of aliphatic hydroxyl groups is 1. The van der Waals surface area contributed by atoms with Gasteiger partial charge in [-0.1, -0.05) is 36.4 Å². The minimum absolute atomic E-state index is 0.519. The van der Waals surface area contributed by atoms with E-state index in [2.05, 4.69) is 34.3 Å². The Bertz CT molecular complexity index is 870. The quantitative estimate of drug-likeness (QED) is 0.746. The molecule has 3 aromatic rings. The van der Waals surface area contributed by atoms with Crippen LogP contribution in [0.1, 0.15) is 26.3 Å². The monoisotopic (exact) mass is 337 g/mol. The lowest BCUT2D eigenvalue weighted by Crippen LogP contribution is -2.41. The number of rotatable bonds is 6. The average Bonchev–Trinajstić information content (AvgIpc) is 3.13. The molecule has 5 heteroatoms. The van der Waals surface area contributed by atoms with Crippen molar-refractivity contribution in [2.75, 3.05) is 6.61 Å². The third-order valence-electron chi connectivity index (χ3n) is 4.23. The number of hydrogen-bond donors (Lipinski definition) is 1. The molecule has 0 aliphatic rings. The molecule has 130 valence electrons. The van der Waals surface area contributed by atoms with Gasteiger partial charge in [-0.2, -0.15) is 5.10 Å². The number of hydrogen-bond acceptors (Lipinski definition) is 4. The van der Waals surface area contributed by atoms with Gasteiger partial charge in [0, 0.05) is 6.61 Å². The van der Waals surface area contributed by atoms with Crippen LogP contribution in [0.4, 0.5) is 0 Å². The smallest absolute Gasteiger partial charge is 0.138 e. The number of aromatic nitrogens is 3. The Labute approximate surface area is 147 Å². The van der Waals surface area contributed by atoms with Crippen LogP contribution in [0.15, 0.2) is 55.1 Å². The van der Waals surface area contributed by atoms with Gasteiger partial charge in [-0.25, -0.2) is 9.67 Å². The second-order valence-corrected chi connectivity index (χ2v) is 6.45. The number of aliphatic hydroxyl groups excluding tert-OH is 1. The van der Waals surface area contributed by atoms with Crippen LogP contribution >= 0.6 is 0 Å². The Hall–Kier alpha value is -2.50. The van der Waals surface area contributed by atoms with Crippen LogP contribution in [0, 0.1) is 0 Å². The van der Waals surface area contributed by atoms with Crippen LogP contribution in [0.2, 0.25) is 0 Å². The second-order valence-electron chi connectivity index (χ2n) is 6.45. The fourth-order valence-electron chi connectivity index (χ4n) is 2.89. The van der Waals surface area contributed by atoms with Crippen molar-refractivity contribution in [2.24, 2.45) is 0 Å². The highest BCUT2D eigenvalue weighted by atomic mass is 16.5. The normalized spacial score (nSPS) is 14.0. The molecule has 0 saturated carbocycles. The molecule has 1 unspecified atom stereocenters. The van der Waals surface area contributed by atoms with Crippen molar-refractivity contribution in [3.05, 3.63) is 60.7 Å². The summed E-state index contributed by atoms with van der Waals surface area (Å²) in [6.07, 6.45) is 4.10. The summed E-state index contributed by atoms with van der Waals surface area (Å²) in [5.74, 6) is 0. The van der Waals surface area contributed by atoms with E-state index in [-0.39, 0.29) is 0 Å². The zero-order chi connectivity index (χ0) is 17.9. The standard InChI is InChI=1S/C20H23N3O2/c1-4-25-20(2,3)19(24)18(23-14-21-13-22-23)12-15-9-10-16-7-5-6-8-17(16)11-15/h5-14,19,24H,4H2,1-3H3. The van der Waals surface area contributed by atoms with E-state index >= 15 is 0 Å². The molecule has 0 saturated heterocycles. The highest BCUT2D eigenvalue weighted by Gasteiger charge is 2.32. The van der Waals surface area contributed by atoms with E-state index in [9.17, 15) is 5.11 Å². The van der Waals surface area contributed by atoms with Crippen molar-refractivity contribution in [1.82, 2.24) is 14.8 Å². The van der Waals surface area contributed by atoms with Crippen molar-refractivity contribution < 1.29 is 9.84 Å². The van der Waals surface area contributed by atoms with Gasteiger partial charge in [0.25, 0.3) is 0 Å². The summed E-state index contributed by atoms with van der Waals surface area (Å²) in [5.41, 5.74) is 0.852. The molecular formula is C20H23N3O2. The minimum Gasteiger partial charge on any atom is -0.384 e. The Kier molecular flexibility index (Phi) is 4.97. The largest absolute Gasteiger partial charge is 0.384 e. The van der Waals surface area contributed by atoms with Crippen molar-refractivity contribution in [1.29, 1.82) is 0 Å². The third-order valence-corrected chi connectivity index (χ3v) is 4.23. The molecule has 0 aliphatic heterocycles. The van der Waals surface area contributed by atoms with Gasteiger partial charge in [-0.05, 0) is 49.2 Å². The van der Waals surface area contributed by atoms with Crippen LogP contribution in [-0.2, 0) is 4.74 Å². The SMILES string of the molecule is CCOC(C)(C)C(O)C(=Cc1ccc2ccccc2c1)n1cncn1. The maximum absolute atomic E-state index is 10.9. The third kappa shape index (κ3) is 3.78. The minimum atomic E-state index is -0.861. The van der Waals surface area contributed by atoms with Gasteiger partial charge in [0.2, 0.25) is 0 Å². The number of benzene rings is 2. The lowest BCUT2D eigenvalue weighted by Gasteiger charge is -2.31. The lowest BCUT2D eigenvalue weighted by atomic mass is 9.96. The molecule has 1 aromatic heterocycles. The summed E-state index contributed by atoms with van der Waals surface area (Å²) in [6.45, 7) is 6.17. The van der Waals surface area contributed by atoms with Gasteiger partial charge in [0.05, 0.1) is 11.3 Å². The molecule has 0 bridgehead atoms. The molecule has 2 aromatic carbocycles. The van der Waals surface area contributed by atoms with Crippen molar-refractivity contribution in [3.63, 3.8) is 0 Å². The van der Waals surface area contributed by atoms with Crippen LogP contribution in [0.5, 0.6) is 0 Å². The van der Waals surface area contributed by atoms with Crippen LogP contribution in [0.25, 0.3) is 22.5 Å². The zero-order valence-corrected chi connectivity index (χ0v) is 14.8. The highest BCUT2D eigenvalue weighted by Crippen LogP contribution is 2.26. The highest BCUT2D eigenvalue weighted by molar-refractivity contribution is 5.86. The molecule has 0 amide bonds. The summed E-state index contributed by atoms with van der Waals surface area (Å²) in [6, 6.07) is 14.4. The van der Waals surface area contributed by atoms with Gasteiger partial charge in [-0.3, -0.25) is 0 Å². The van der Waals surface area contributed by atoms with Crippen molar-refractivity contribution in [2.45, 2.75) is 32.5 Å². The van der Waals surface area contributed by atoms with E-state index in [0.717, 1.165) is 10.9 Å². The topological polar surface area (TPSA) is 60.2 Å². The summed E-state index contributed by atoms with van der Waals surface area (Å²) in [5, 5.41) is 17.4. The molecule has 1 N–H and O–H groups in total. The Morgan fingerprint density at radius 2 is 2.00 bits per heavy atom. The molecule has 3 rings (SSSR count). The summed E-state index contributed by atoms with van der Waals surface area (Å²) < 4.78 is 7.31. The van der Waals surface area contributed by atoms with E-state index in [1.54, 1.807) is 11.0 Å². The molecule has 1 heterocycles. The predicted octanol–water partition coefficient (Wildman–Crippen LogP) is 3.61. The van der Waals surface area contributed by atoms with Crippen molar-refractivity contribution in [3.8, 4) is 0 Å². The first-order chi connectivity index (χ1) is 12.0. The first-order valence-corrected chi connectivity index (χ1v) is 8.38. The van der Waals surface area contributed by atoms with Crippen molar-refractivity contribution >= 4 is 22.5 Å². The Morgan fingerprint density at radius 1 is 1.24 bits per heavy atom. The lowest BCUT2D eigenvalue weighted by molar-refractivity contribution is -0.0753. The van der Waals surface area contributed by atoms with E-state index in [0.29, 0.717) is 12.3 Å². The molecule has 0 spiro atoms. The fourth-order valence-corrected chi connectivity index (χ4v) is 2.89. The van der Waals surface area contributed by atoms with Gasteiger partial charge in [-0.15, -0.1) is 0 Å². The first-order valence-electron chi connectivity index (χ1n) is 8.38. The summed E-state index contributed by atoms with van der Waals surface area (Å²) in [7, 11) is 0. The predicted molar refractivity (Wildman–Crippen MR) is 99.8 cm³/mol. The van der Waals surface area contributed by atoms with Crippen LogP contribution < -0.4 is 0 Å². The Morgan fingerprint density at radius 3 is 2.68 bits per heavy atom. The average molecular weight is 337 g/mol. The summed E-state index contributed by atoms with van der Waals surface area (Å²) >= 11 is 0. The number of nitrogens with zero attached hydrogens (tertiary/aromatic N) is 3. The molecule has 25 heavy (non-hydrogen) atoms. The number of ether oxygens (including phenoxy) is 1. The van der Waals surface area contributed by atoms with Gasteiger partial charge in [0.1, 0.15) is 18.8 Å². The molecular weight excluding hydrogens is 314 g/mol. The van der Waals surface area contributed by atoms with Gasteiger partial charge in [0.15, 0.2) is 0 Å². The zero-order valence-electron chi connectivity index (χ0n) is 14.8. The van der Waals surface area contributed by atoms with Gasteiger partial charge >= 0.3 is 0 Å². The summed E-state index contributed by atoms with van der Waals surface area (Å²) in [4.78, 5) is 4.00. The molecule has 0 fully saturated rings. The Balaban J connectivity index is 2.05. The molecule has 1 atom stereocenters. The second kappa shape index (κ2) is 7.17. The van der Waals surface area contributed by atoms with Crippen LogP contribution in [-0.4, -0.2) is 38.2 Å². The van der Waals surface area contributed by atoms with E-state index in [4.69, 9.17) is 4.74 Å². The van der Waals surface area contributed by atoms with E-state index < -0.39 is 11.7 Å². The van der Waals surface area contributed by atoms with E-state index in [1.807, 2.05) is 45.0 Å².